The van der Waals surface area contributed by atoms with Crippen LogP contribution in [-0.2, 0) is 18.9 Å². The van der Waals surface area contributed by atoms with E-state index >= 15 is 0 Å². The minimum absolute atomic E-state index is 0.200. The number of nitrogens with one attached hydrogen (secondary N) is 1. The van der Waals surface area contributed by atoms with Gasteiger partial charge in [-0.3, -0.25) is 0 Å². The smallest absolute Gasteiger partial charge is 0.119 e. The Hall–Kier alpha value is -1.48. The molecule has 0 radical (unpaired) electrons. The van der Waals surface area contributed by atoms with Gasteiger partial charge < -0.3 is 14.6 Å². The molecular weight excluding hydrogens is 308 g/mol. The Labute approximate surface area is 151 Å². The molecule has 25 heavy (non-hydrogen) atoms. The van der Waals surface area contributed by atoms with Crippen molar-refractivity contribution >= 4 is 10.9 Å². The Morgan fingerprint density at radius 1 is 1.36 bits per heavy atom. The van der Waals surface area contributed by atoms with Gasteiger partial charge in [0.2, 0.25) is 0 Å². The Morgan fingerprint density at radius 2 is 2.16 bits per heavy atom. The zero-order valence-electron chi connectivity index (χ0n) is 16.4. The quantitative estimate of drug-likeness (QED) is 0.876. The topological polar surface area (TPSA) is 26.2 Å². The van der Waals surface area contributed by atoms with Gasteiger partial charge in [0, 0.05) is 35.1 Å². The molecule has 0 amide bonds. The number of benzene rings is 1. The van der Waals surface area contributed by atoms with Crippen LogP contribution < -0.4 is 10.1 Å². The third kappa shape index (κ3) is 2.43. The molecule has 0 spiro atoms. The molecule has 1 aliphatic carbocycles. The first kappa shape index (κ1) is 17.0. The lowest BCUT2D eigenvalue weighted by atomic mass is 9.61. The van der Waals surface area contributed by atoms with Crippen LogP contribution in [0.5, 0.6) is 5.75 Å². The summed E-state index contributed by atoms with van der Waals surface area (Å²) in [6.07, 6.45) is 5.01. The van der Waals surface area contributed by atoms with E-state index in [1.807, 2.05) is 0 Å². The van der Waals surface area contributed by atoms with Gasteiger partial charge in [0.15, 0.2) is 0 Å². The molecule has 1 aromatic carbocycles. The molecular formula is C22H32N2O. The number of rotatable bonds is 2. The zero-order chi connectivity index (χ0) is 17.8. The van der Waals surface area contributed by atoms with Crippen LogP contribution in [0.25, 0.3) is 10.9 Å². The van der Waals surface area contributed by atoms with Crippen LogP contribution in [0.15, 0.2) is 18.2 Å². The first-order chi connectivity index (χ1) is 12.0. The van der Waals surface area contributed by atoms with Crippen molar-refractivity contribution in [2.45, 2.75) is 57.9 Å². The van der Waals surface area contributed by atoms with Crippen molar-refractivity contribution in [1.29, 1.82) is 0 Å². The van der Waals surface area contributed by atoms with Crippen LogP contribution in [0.2, 0.25) is 0 Å². The van der Waals surface area contributed by atoms with E-state index in [0.717, 1.165) is 30.6 Å². The van der Waals surface area contributed by atoms with E-state index in [1.54, 1.807) is 12.8 Å². The third-order valence-electron chi connectivity index (χ3n) is 6.95. The molecule has 1 aromatic heterocycles. The van der Waals surface area contributed by atoms with Crippen LogP contribution in [0, 0.1) is 11.8 Å². The predicted octanol–water partition coefficient (Wildman–Crippen LogP) is 4.42. The molecule has 1 saturated carbocycles. The van der Waals surface area contributed by atoms with E-state index < -0.39 is 0 Å². The van der Waals surface area contributed by atoms with Crippen LogP contribution in [-0.4, -0.2) is 24.3 Å². The number of hydrogen-bond donors (Lipinski definition) is 1. The summed E-state index contributed by atoms with van der Waals surface area (Å²) in [6, 6.07) is 7.15. The van der Waals surface area contributed by atoms with Crippen LogP contribution in [0.1, 0.15) is 51.3 Å². The van der Waals surface area contributed by atoms with E-state index in [1.165, 1.54) is 35.7 Å². The van der Waals surface area contributed by atoms with Crippen molar-refractivity contribution in [2.75, 3.05) is 13.7 Å². The molecule has 4 rings (SSSR count). The first-order valence-electron chi connectivity index (χ1n) is 9.88. The summed E-state index contributed by atoms with van der Waals surface area (Å²) in [5, 5.41) is 5.34. The number of nitrogens with zero attached hydrogens (tertiary/aromatic N) is 1. The number of hydrogen-bond acceptors (Lipinski definition) is 2. The lowest BCUT2D eigenvalue weighted by Crippen LogP contribution is -2.55. The van der Waals surface area contributed by atoms with Crippen molar-refractivity contribution in [1.82, 2.24) is 9.88 Å². The monoisotopic (exact) mass is 340 g/mol. The van der Waals surface area contributed by atoms with Crippen molar-refractivity contribution in [3.8, 4) is 5.75 Å². The van der Waals surface area contributed by atoms with E-state index in [2.05, 4.69) is 55.9 Å². The summed E-state index contributed by atoms with van der Waals surface area (Å²) in [6.45, 7) is 8.40. The Morgan fingerprint density at radius 3 is 2.88 bits per heavy atom. The predicted molar refractivity (Wildman–Crippen MR) is 104 cm³/mol. The maximum absolute atomic E-state index is 5.51. The van der Waals surface area contributed by atoms with Crippen LogP contribution in [0.4, 0.5) is 0 Å². The Balaban J connectivity index is 1.96. The van der Waals surface area contributed by atoms with E-state index in [-0.39, 0.29) is 5.41 Å². The normalized spacial score (nSPS) is 32.1. The Bertz CT molecular complexity index is 793. The average Bonchev–Trinajstić information content (AvgIpc) is 2.78. The van der Waals surface area contributed by atoms with Gasteiger partial charge >= 0.3 is 0 Å². The Kier molecular flexibility index (Phi) is 4.10. The highest BCUT2D eigenvalue weighted by atomic mass is 16.5. The van der Waals surface area contributed by atoms with Gasteiger partial charge in [-0.05, 0) is 61.4 Å². The molecule has 1 aliphatic heterocycles. The zero-order valence-corrected chi connectivity index (χ0v) is 16.4. The number of methoxy groups -OCH3 is 1. The number of ether oxygens (including phenoxy) is 1. The van der Waals surface area contributed by atoms with Gasteiger partial charge in [-0.2, -0.15) is 0 Å². The minimum Gasteiger partial charge on any atom is -0.497 e. The molecule has 136 valence electrons. The summed E-state index contributed by atoms with van der Waals surface area (Å²) in [4.78, 5) is 0. The lowest BCUT2D eigenvalue weighted by molar-refractivity contribution is 0.115. The highest BCUT2D eigenvalue weighted by Gasteiger charge is 2.48. The molecule has 0 bridgehead atoms. The van der Waals surface area contributed by atoms with Crippen molar-refractivity contribution in [3.05, 3.63) is 29.5 Å². The average molecular weight is 341 g/mol. The first-order valence-corrected chi connectivity index (χ1v) is 9.88. The summed E-state index contributed by atoms with van der Waals surface area (Å²) in [5.74, 6) is 2.52. The van der Waals surface area contributed by atoms with Crippen LogP contribution >= 0.6 is 0 Å². The highest BCUT2D eigenvalue weighted by molar-refractivity contribution is 5.87. The molecule has 1 fully saturated rings. The summed E-state index contributed by atoms with van der Waals surface area (Å²) in [7, 11) is 4.03. The molecule has 3 nitrogen and oxygen atoms in total. The molecule has 3 heteroatoms. The second kappa shape index (κ2) is 6.05. The number of fused-ring (bicyclic) bond motifs is 5. The second-order valence-electron chi connectivity index (χ2n) is 8.58. The number of aryl methyl sites for hydroxylation is 1. The van der Waals surface area contributed by atoms with Gasteiger partial charge in [0.25, 0.3) is 0 Å². The second-order valence-corrected chi connectivity index (χ2v) is 8.58. The fourth-order valence-electron chi connectivity index (χ4n) is 6.11. The van der Waals surface area contributed by atoms with Crippen molar-refractivity contribution < 1.29 is 4.74 Å². The van der Waals surface area contributed by atoms with Gasteiger partial charge in [-0.25, -0.2) is 0 Å². The molecule has 2 aliphatic rings. The molecule has 4 atom stereocenters. The van der Waals surface area contributed by atoms with Crippen LogP contribution in [0.3, 0.4) is 0 Å². The largest absolute Gasteiger partial charge is 0.497 e. The molecule has 0 saturated heterocycles. The maximum Gasteiger partial charge on any atom is 0.119 e. The highest BCUT2D eigenvalue weighted by Crippen LogP contribution is 2.49. The van der Waals surface area contributed by atoms with E-state index in [0.29, 0.717) is 6.04 Å². The SMILES string of the molecule is CC[C@H]1CC(C)CC2(C)c3c(c4cc(OC)ccc4n3C)CCNC12. The van der Waals surface area contributed by atoms with E-state index in [4.69, 9.17) is 4.74 Å². The maximum atomic E-state index is 5.51. The molecule has 2 heterocycles. The minimum atomic E-state index is 0.200. The van der Waals surface area contributed by atoms with Crippen molar-refractivity contribution in [2.24, 2.45) is 18.9 Å². The third-order valence-corrected chi connectivity index (χ3v) is 6.95. The van der Waals surface area contributed by atoms with Gasteiger partial charge in [-0.1, -0.05) is 27.2 Å². The molecule has 3 unspecified atom stereocenters. The summed E-state index contributed by atoms with van der Waals surface area (Å²) >= 11 is 0. The fraction of sp³-hybridized carbons (Fsp3) is 0.636. The molecule has 1 N–H and O–H groups in total. The standard InChI is InChI=1S/C22H32N2O/c1-6-15-11-14(2)13-22(3)20(15)23-10-9-17-18-12-16(25-5)7-8-19(18)24(4)21(17)22/h7-8,12,14-15,20,23H,6,9-11,13H2,1-5H3/t14?,15-,20?,22?/m0/s1. The molecule has 2 aromatic rings. The van der Waals surface area contributed by atoms with Crippen molar-refractivity contribution in [3.63, 3.8) is 0 Å². The van der Waals surface area contributed by atoms with E-state index in [9.17, 15) is 0 Å². The number of aromatic nitrogens is 1. The summed E-state index contributed by atoms with van der Waals surface area (Å²) < 4.78 is 7.99. The summed E-state index contributed by atoms with van der Waals surface area (Å²) in [5.41, 5.74) is 4.65. The van der Waals surface area contributed by atoms with Gasteiger partial charge in [0.05, 0.1) is 7.11 Å². The fourth-order valence-corrected chi connectivity index (χ4v) is 6.11. The van der Waals surface area contributed by atoms with Gasteiger partial charge in [-0.15, -0.1) is 0 Å². The van der Waals surface area contributed by atoms with Gasteiger partial charge in [0.1, 0.15) is 5.75 Å². The lowest BCUT2D eigenvalue weighted by Gasteiger charge is -2.48.